The summed E-state index contributed by atoms with van der Waals surface area (Å²) in [4.78, 5) is 4.18. The van der Waals surface area contributed by atoms with Gasteiger partial charge in [0.1, 0.15) is 0 Å². The fraction of sp³-hybridized carbons (Fsp3) is 0.211. The minimum absolute atomic E-state index is 0.874. The molecule has 0 amide bonds. The van der Waals surface area contributed by atoms with Crippen LogP contribution in [-0.4, -0.2) is 4.98 Å². The lowest BCUT2D eigenvalue weighted by Crippen LogP contribution is -2.14. The van der Waals surface area contributed by atoms with Crippen LogP contribution in [0.2, 0.25) is 0 Å². The number of hydrogen-bond acceptors (Lipinski definition) is 2. The van der Waals surface area contributed by atoms with Crippen LogP contribution in [0.1, 0.15) is 23.6 Å². The predicted octanol–water partition coefficient (Wildman–Crippen LogP) is 4.09. The largest absolute Gasteiger partial charge is 0.309 e. The molecule has 0 saturated heterocycles. The number of fused-ring (bicyclic) bond motifs is 1. The first-order valence-corrected chi connectivity index (χ1v) is 7.47. The van der Waals surface area contributed by atoms with E-state index in [1.807, 2.05) is 12.4 Å². The van der Waals surface area contributed by atoms with Gasteiger partial charge in [-0.15, -0.1) is 0 Å². The Balaban J connectivity index is 1.72. The molecule has 2 heteroatoms. The average Bonchev–Trinajstić information content (AvgIpc) is 2.55. The molecule has 0 bridgehead atoms. The third-order valence-corrected chi connectivity index (χ3v) is 3.90. The maximum absolute atomic E-state index is 4.18. The van der Waals surface area contributed by atoms with Crippen LogP contribution in [0.4, 0.5) is 0 Å². The zero-order chi connectivity index (χ0) is 14.5. The maximum atomic E-state index is 4.18. The van der Waals surface area contributed by atoms with E-state index >= 15 is 0 Å². The lowest BCUT2D eigenvalue weighted by molar-refractivity contribution is 0.691. The molecule has 2 nitrogen and oxygen atoms in total. The topological polar surface area (TPSA) is 24.9 Å². The van der Waals surface area contributed by atoms with Gasteiger partial charge in [0.15, 0.2) is 0 Å². The summed E-state index contributed by atoms with van der Waals surface area (Å²) in [7, 11) is 0. The smallest absolute Gasteiger partial charge is 0.0346 e. The van der Waals surface area contributed by atoms with E-state index in [-0.39, 0.29) is 0 Å². The molecule has 106 valence electrons. The summed E-state index contributed by atoms with van der Waals surface area (Å²) < 4.78 is 0. The van der Waals surface area contributed by atoms with Gasteiger partial charge in [-0.3, -0.25) is 4.98 Å². The summed E-state index contributed by atoms with van der Waals surface area (Å²) in [6.07, 6.45) is 4.86. The van der Waals surface area contributed by atoms with Crippen molar-refractivity contribution in [2.45, 2.75) is 26.4 Å². The van der Waals surface area contributed by atoms with Crippen molar-refractivity contribution in [3.8, 4) is 0 Å². The van der Waals surface area contributed by atoms with Crippen molar-refractivity contribution >= 4 is 10.8 Å². The Morgan fingerprint density at radius 3 is 2.48 bits per heavy atom. The van der Waals surface area contributed by atoms with Gasteiger partial charge in [-0.25, -0.2) is 0 Å². The Hall–Kier alpha value is -2.19. The Morgan fingerprint density at radius 2 is 1.62 bits per heavy atom. The molecule has 0 radical (unpaired) electrons. The van der Waals surface area contributed by atoms with Crippen LogP contribution in [-0.2, 0) is 19.5 Å². The molecule has 0 spiro atoms. The van der Waals surface area contributed by atoms with Crippen LogP contribution in [0.5, 0.6) is 0 Å². The lowest BCUT2D eigenvalue weighted by Gasteiger charge is -2.10. The van der Waals surface area contributed by atoms with E-state index in [4.69, 9.17) is 0 Å². The summed E-state index contributed by atoms with van der Waals surface area (Å²) in [5.41, 5.74) is 4.14. The van der Waals surface area contributed by atoms with E-state index in [2.05, 4.69) is 65.8 Å². The minimum Gasteiger partial charge on any atom is -0.309 e. The molecule has 21 heavy (non-hydrogen) atoms. The second-order valence-corrected chi connectivity index (χ2v) is 5.24. The van der Waals surface area contributed by atoms with Gasteiger partial charge in [0.2, 0.25) is 0 Å². The first-order chi connectivity index (χ1) is 10.4. The number of pyridine rings is 1. The Bertz CT molecular complexity index is 729. The fourth-order valence-corrected chi connectivity index (χ4v) is 2.75. The summed E-state index contributed by atoms with van der Waals surface area (Å²) in [6.45, 7) is 3.99. The van der Waals surface area contributed by atoms with Crippen molar-refractivity contribution in [2.24, 2.45) is 0 Å². The van der Waals surface area contributed by atoms with Crippen LogP contribution in [0.25, 0.3) is 10.8 Å². The SMILES string of the molecule is CCc1ccccc1CNCc1cccc2cnccc12. The lowest BCUT2D eigenvalue weighted by atomic mass is 10.0. The molecule has 0 aliphatic heterocycles. The van der Waals surface area contributed by atoms with Crippen molar-refractivity contribution in [1.29, 1.82) is 0 Å². The van der Waals surface area contributed by atoms with Gasteiger partial charge in [0, 0.05) is 30.9 Å². The van der Waals surface area contributed by atoms with Crippen LogP contribution in [0.3, 0.4) is 0 Å². The number of nitrogens with zero attached hydrogens (tertiary/aromatic N) is 1. The van der Waals surface area contributed by atoms with E-state index in [1.165, 1.54) is 27.5 Å². The highest BCUT2D eigenvalue weighted by Gasteiger charge is 2.02. The Kier molecular flexibility index (Phi) is 4.27. The van der Waals surface area contributed by atoms with Crippen LogP contribution < -0.4 is 5.32 Å². The van der Waals surface area contributed by atoms with E-state index in [0.29, 0.717) is 0 Å². The van der Waals surface area contributed by atoms with Gasteiger partial charge in [-0.2, -0.15) is 0 Å². The van der Waals surface area contributed by atoms with Crippen molar-refractivity contribution < 1.29 is 0 Å². The van der Waals surface area contributed by atoms with E-state index in [0.717, 1.165) is 19.5 Å². The van der Waals surface area contributed by atoms with Gasteiger partial charge < -0.3 is 5.32 Å². The maximum Gasteiger partial charge on any atom is 0.0346 e. The third-order valence-electron chi connectivity index (χ3n) is 3.90. The summed E-state index contributed by atoms with van der Waals surface area (Å²) >= 11 is 0. The van der Waals surface area contributed by atoms with Gasteiger partial charge in [-0.1, -0.05) is 49.4 Å². The molecule has 0 saturated carbocycles. The van der Waals surface area contributed by atoms with E-state index in [1.54, 1.807) is 0 Å². The standard InChI is InChI=1S/C19H20N2/c1-2-15-6-3-4-7-16(15)12-21-14-18-9-5-8-17-13-20-11-10-19(17)18/h3-11,13,21H,2,12,14H2,1H3. The van der Waals surface area contributed by atoms with Gasteiger partial charge in [0.25, 0.3) is 0 Å². The molecule has 0 atom stereocenters. The zero-order valence-corrected chi connectivity index (χ0v) is 12.3. The molecule has 2 aromatic carbocycles. The van der Waals surface area contributed by atoms with Gasteiger partial charge >= 0.3 is 0 Å². The van der Waals surface area contributed by atoms with Crippen molar-refractivity contribution in [3.05, 3.63) is 77.6 Å². The number of benzene rings is 2. The second kappa shape index (κ2) is 6.51. The second-order valence-electron chi connectivity index (χ2n) is 5.24. The molecule has 0 aliphatic rings. The van der Waals surface area contributed by atoms with Crippen LogP contribution >= 0.6 is 0 Å². The summed E-state index contributed by atoms with van der Waals surface area (Å²) in [5.74, 6) is 0. The van der Waals surface area contributed by atoms with E-state index < -0.39 is 0 Å². The molecule has 1 aromatic heterocycles. The molecule has 3 rings (SSSR count). The highest BCUT2D eigenvalue weighted by Crippen LogP contribution is 2.17. The number of rotatable bonds is 5. The molecule has 1 N–H and O–H groups in total. The van der Waals surface area contributed by atoms with Crippen LogP contribution in [0.15, 0.2) is 60.9 Å². The van der Waals surface area contributed by atoms with Crippen molar-refractivity contribution in [1.82, 2.24) is 10.3 Å². The van der Waals surface area contributed by atoms with E-state index in [9.17, 15) is 0 Å². The summed E-state index contributed by atoms with van der Waals surface area (Å²) in [5, 5.41) is 6.05. The molecule has 0 aliphatic carbocycles. The van der Waals surface area contributed by atoms with Crippen molar-refractivity contribution in [3.63, 3.8) is 0 Å². The Labute approximate surface area is 125 Å². The molecule has 0 unspecified atom stereocenters. The monoisotopic (exact) mass is 276 g/mol. The summed E-state index contributed by atoms with van der Waals surface area (Å²) in [6, 6.07) is 17.1. The number of aromatic nitrogens is 1. The van der Waals surface area contributed by atoms with Gasteiger partial charge in [-0.05, 0) is 34.6 Å². The first kappa shape index (κ1) is 13.8. The predicted molar refractivity (Wildman–Crippen MR) is 88.1 cm³/mol. The molecular formula is C19H20N2. The van der Waals surface area contributed by atoms with Crippen LogP contribution in [0, 0.1) is 0 Å². The fourth-order valence-electron chi connectivity index (χ4n) is 2.75. The molecule has 0 fully saturated rings. The number of nitrogens with one attached hydrogen (secondary N) is 1. The quantitative estimate of drug-likeness (QED) is 0.759. The number of hydrogen-bond donors (Lipinski definition) is 1. The zero-order valence-electron chi connectivity index (χ0n) is 12.3. The normalized spacial score (nSPS) is 10.9. The van der Waals surface area contributed by atoms with Crippen molar-refractivity contribution in [2.75, 3.05) is 0 Å². The first-order valence-electron chi connectivity index (χ1n) is 7.47. The molecular weight excluding hydrogens is 256 g/mol. The van der Waals surface area contributed by atoms with Gasteiger partial charge in [0.05, 0.1) is 0 Å². The average molecular weight is 276 g/mol. The molecule has 1 heterocycles. The molecule has 3 aromatic rings. The third kappa shape index (κ3) is 3.11. The number of aryl methyl sites for hydroxylation is 1. The minimum atomic E-state index is 0.874. The highest BCUT2D eigenvalue weighted by atomic mass is 14.8. The Morgan fingerprint density at radius 1 is 0.857 bits per heavy atom. The highest BCUT2D eigenvalue weighted by molar-refractivity contribution is 5.84.